The number of anilines is 2. The van der Waals surface area contributed by atoms with Crippen LogP contribution in [0.2, 0.25) is 0 Å². The van der Waals surface area contributed by atoms with E-state index in [1.807, 2.05) is 24.1 Å². The Morgan fingerprint density at radius 2 is 2.00 bits per heavy atom. The molecule has 2 atom stereocenters. The summed E-state index contributed by atoms with van der Waals surface area (Å²) in [5.74, 6) is 1.61. The molecule has 9 heteroatoms. The van der Waals surface area contributed by atoms with Crippen LogP contribution < -0.4 is 9.64 Å². The zero-order valence-electron chi connectivity index (χ0n) is 19.8. The van der Waals surface area contributed by atoms with Crippen molar-refractivity contribution in [2.75, 3.05) is 37.7 Å². The zero-order valence-corrected chi connectivity index (χ0v) is 19.8. The number of ether oxygens (including phenoxy) is 3. The number of amides is 1. The van der Waals surface area contributed by atoms with E-state index in [1.165, 1.54) is 0 Å². The van der Waals surface area contributed by atoms with Crippen molar-refractivity contribution in [2.45, 2.75) is 51.2 Å². The first-order chi connectivity index (χ1) is 16.6. The lowest BCUT2D eigenvalue weighted by Crippen LogP contribution is -2.59. The Balaban J connectivity index is 1.19. The molecule has 9 nitrogen and oxygen atoms in total. The Labute approximate surface area is 199 Å². The molecule has 180 valence electrons. The fraction of sp³-hybridized carbons (Fsp3) is 0.600. The van der Waals surface area contributed by atoms with Crippen LogP contribution in [-0.2, 0) is 15.9 Å². The Kier molecular flexibility index (Phi) is 5.32. The van der Waals surface area contributed by atoms with Crippen LogP contribution in [0.25, 0.3) is 0 Å². The minimum atomic E-state index is -0.228. The fourth-order valence-corrected chi connectivity index (χ4v) is 5.53. The molecule has 2 bridgehead atoms. The van der Waals surface area contributed by atoms with E-state index in [0.29, 0.717) is 32.2 Å². The van der Waals surface area contributed by atoms with Gasteiger partial charge < -0.3 is 24.0 Å². The van der Waals surface area contributed by atoms with Crippen molar-refractivity contribution in [3.8, 4) is 5.88 Å². The molecule has 2 aromatic rings. The van der Waals surface area contributed by atoms with Gasteiger partial charge in [0, 0.05) is 44.1 Å². The second-order valence-electron chi connectivity index (χ2n) is 9.95. The minimum absolute atomic E-state index is 0.0622. The lowest BCUT2D eigenvalue weighted by atomic mass is 9.84. The predicted molar refractivity (Wildman–Crippen MR) is 124 cm³/mol. The summed E-state index contributed by atoms with van der Waals surface area (Å²) >= 11 is 0. The molecule has 5 heterocycles. The van der Waals surface area contributed by atoms with Gasteiger partial charge in [-0.15, -0.1) is 0 Å². The number of fused-ring (bicyclic) bond motifs is 3. The van der Waals surface area contributed by atoms with Crippen LogP contribution in [0.4, 0.5) is 16.3 Å². The van der Waals surface area contributed by atoms with Gasteiger partial charge in [-0.2, -0.15) is 0 Å². The first-order valence-corrected chi connectivity index (χ1v) is 12.3. The molecule has 0 radical (unpaired) electrons. The first-order valence-electron chi connectivity index (χ1n) is 12.3. The highest BCUT2D eigenvalue weighted by Crippen LogP contribution is 2.43. The number of aromatic nitrogens is 3. The van der Waals surface area contributed by atoms with Crippen LogP contribution in [-0.4, -0.2) is 70.5 Å². The average molecular weight is 466 g/mol. The van der Waals surface area contributed by atoms with Crippen molar-refractivity contribution in [1.29, 1.82) is 0 Å². The van der Waals surface area contributed by atoms with Crippen molar-refractivity contribution in [1.82, 2.24) is 19.9 Å². The molecule has 2 saturated heterocycles. The molecule has 4 aliphatic rings. The summed E-state index contributed by atoms with van der Waals surface area (Å²) in [7, 11) is 0. The third-order valence-corrected chi connectivity index (χ3v) is 7.76. The minimum Gasteiger partial charge on any atom is -0.473 e. The molecule has 1 saturated carbocycles. The molecule has 2 unspecified atom stereocenters. The number of piperidine rings is 1. The van der Waals surface area contributed by atoms with Crippen LogP contribution in [0.1, 0.15) is 37.4 Å². The van der Waals surface area contributed by atoms with Gasteiger partial charge in [0.05, 0.1) is 30.2 Å². The van der Waals surface area contributed by atoms with E-state index in [9.17, 15) is 4.79 Å². The second-order valence-corrected chi connectivity index (χ2v) is 9.95. The maximum atomic E-state index is 12.8. The number of hydrogen-bond acceptors (Lipinski definition) is 8. The van der Waals surface area contributed by atoms with Gasteiger partial charge in [-0.05, 0) is 38.3 Å². The predicted octanol–water partition coefficient (Wildman–Crippen LogP) is 3.28. The summed E-state index contributed by atoms with van der Waals surface area (Å²) in [4.78, 5) is 30.5. The van der Waals surface area contributed by atoms with Crippen LogP contribution in [0.5, 0.6) is 5.88 Å². The number of carbonyl (C=O) groups is 1. The highest BCUT2D eigenvalue weighted by atomic mass is 16.6. The van der Waals surface area contributed by atoms with Crippen molar-refractivity contribution in [3.63, 3.8) is 0 Å². The van der Waals surface area contributed by atoms with Gasteiger partial charge in [-0.3, -0.25) is 4.98 Å². The topological polar surface area (TPSA) is 89.9 Å². The molecular weight excluding hydrogens is 434 g/mol. The molecule has 1 amide bonds. The second kappa shape index (κ2) is 8.37. The van der Waals surface area contributed by atoms with Gasteiger partial charge in [0.15, 0.2) is 0 Å². The fourth-order valence-electron chi connectivity index (χ4n) is 5.53. The molecule has 2 aromatic heterocycles. The molecule has 0 N–H and O–H groups in total. The van der Waals surface area contributed by atoms with E-state index in [2.05, 4.69) is 32.8 Å². The summed E-state index contributed by atoms with van der Waals surface area (Å²) in [6, 6.07) is 4.04. The summed E-state index contributed by atoms with van der Waals surface area (Å²) < 4.78 is 18.2. The van der Waals surface area contributed by atoms with Gasteiger partial charge in [0.1, 0.15) is 23.9 Å². The third kappa shape index (κ3) is 3.76. The van der Waals surface area contributed by atoms with Crippen LogP contribution in [0, 0.1) is 18.8 Å². The molecule has 34 heavy (non-hydrogen) atoms. The van der Waals surface area contributed by atoms with E-state index in [0.717, 1.165) is 55.0 Å². The lowest BCUT2D eigenvalue weighted by molar-refractivity contribution is -0.112. The zero-order chi connectivity index (χ0) is 23.3. The number of pyridine rings is 1. The summed E-state index contributed by atoms with van der Waals surface area (Å²) in [6.07, 6.45) is 6.86. The normalized spacial score (nSPS) is 26.7. The smallest absolute Gasteiger partial charge is 0.410 e. The van der Waals surface area contributed by atoms with Crippen molar-refractivity contribution < 1.29 is 19.0 Å². The summed E-state index contributed by atoms with van der Waals surface area (Å²) in [6.45, 7) is 7.20. The molecule has 1 aliphatic carbocycles. The van der Waals surface area contributed by atoms with E-state index in [4.69, 9.17) is 14.2 Å². The molecule has 0 aromatic carbocycles. The highest BCUT2D eigenvalue weighted by Gasteiger charge is 2.49. The maximum Gasteiger partial charge on any atom is 0.410 e. The number of nitrogens with zero attached hydrogens (tertiary/aromatic N) is 5. The standard InChI is InChI=1S/C25H31N5O4/c1-3-25(7-8-25)34-24(31)29-11-17-13-32-14-18(12-29)21(17)33-23-16(2)22(27-15-28-23)30-10-6-19-20(30)5-4-9-26-19/h4-5,9,15,17-18,21H,3,6-8,10-14H2,1-2H3. The van der Waals surface area contributed by atoms with E-state index >= 15 is 0 Å². The SMILES string of the molecule is CCC1(OC(=O)N2CC3COCC(C2)C3Oc2ncnc(N3CCc4ncccc43)c2C)CC1. The van der Waals surface area contributed by atoms with Crippen LogP contribution in [0.3, 0.4) is 0 Å². The van der Waals surface area contributed by atoms with Gasteiger partial charge in [0.25, 0.3) is 0 Å². The molecule has 3 fully saturated rings. The molecule has 0 spiro atoms. The van der Waals surface area contributed by atoms with E-state index in [-0.39, 0.29) is 29.6 Å². The molecule has 6 rings (SSSR count). The Morgan fingerprint density at radius 1 is 1.21 bits per heavy atom. The monoisotopic (exact) mass is 465 g/mol. The quantitative estimate of drug-likeness (QED) is 0.665. The van der Waals surface area contributed by atoms with Crippen LogP contribution in [0.15, 0.2) is 24.7 Å². The van der Waals surface area contributed by atoms with Gasteiger partial charge >= 0.3 is 6.09 Å². The van der Waals surface area contributed by atoms with Gasteiger partial charge in [0.2, 0.25) is 5.88 Å². The number of rotatable bonds is 5. The van der Waals surface area contributed by atoms with Gasteiger partial charge in [-0.25, -0.2) is 14.8 Å². The number of likely N-dealkylation sites (tertiary alicyclic amines) is 1. The average Bonchev–Trinajstić information content (AvgIpc) is 3.48. The third-order valence-electron chi connectivity index (χ3n) is 7.76. The molecular formula is C25H31N5O4. The Bertz CT molecular complexity index is 1080. The Hall–Kier alpha value is -2.94. The first kappa shape index (κ1) is 21.6. The highest BCUT2D eigenvalue weighted by molar-refractivity contribution is 5.69. The van der Waals surface area contributed by atoms with Crippen molar-refractivity contribution in [3.05, 3.63) is 35.9 Å². The van der Waals surface area contributed by atoms with E-state index < -0.39 is 0 Å². The number of hydrogen-bond donors (Lipinski definition) is 0. The van der Waals surface area contributed by atoms with Crippen molar-refractivity contribution >= 4 is 17.6 Å². The lowest BCUT2D eigenvalue weighted by Gasteiger charge is -2.46. The van der Waals surface area contributed by atoms with E-state index in [1.54, 1.807) is 6.33 Å². The maximum absolute atomic E-state index is 12.8. The summed E-state index contributed by atoms with van der Waals surface area (Å²) in [5.41, 5.74) is 2.87. The molecule has 3 aliphatic heterocycles. The van der Waals surface area contributed by atoms with Crippen LogP contribution >= 0.6 is 0 Å². The summed E-state index contributed by atoms with van der Waals surface area (Å²) in [5, 5.41) is 0. The Morgan fingerprint density at radius 3 is 2.74 bits per heavy atom. The number of carbonyl (C=O) groups excluding carboxylic acids is 1. The largest absolute Gasteiger partial charge is 0.473 e. The van der Waals surface area contributed by atoms with Gasteiger partial charge in [-0.1, -0.05) is 6.92 Å². The van der Waals surface area contributed by atoms with Crippen molar-refractivity contribution in [2.24, 2.45) is 11.8 Å².